The Labute approximate surface area is 572 Å². The maximum absolute atomic E-state index is 13.4. The minimum atomic E-state index is -1.98. The summed E-state index contributed by atoms with van der Waals surface area (Å²) in [6.07, 6.45) is 45.9. The summed E-state index contributed by atoms with van der Waals surface area (Å²) >= 11 is 0. The highest BCUT2D eigenvalue weighted by Gasteiger charge is 2.53. The predicted octanol–water partition coefficient (Wildman–Crippen LogP) is 11.3. The average molecular weight is 1350 g/mol. The summed E-state index contributed by atoms with van der Waals surface area (Å²) in [5.41, 5.74) is 0. The Morgan fingerprint density at radius 3 is 1.18 bits per heavy atom. The van der Waals surface area contributed by atoms with E-state index in [1.807, 2.05) is 6.08 Å². The SMILES string of the molecule is CC/C=C\C/C=C\C/C=C\C/C=C\CCCCCCCCCCCCCCCCC(=O)NC(COC1OC(CO)C(OC2OC(CO)C(OC3OC(CO)C(O)C(O)C3O)C(O)C2O)C(O)C1O)C(O)/C=C/CC/C=C/CCCCCCCCCCCCCCCCCCC. The van der Waals surface area contributed by atoms with E-state index in [9.17, 15) is 61.0 Å². The molecule has 95 heavy (non-hydrogen) atoms. The van der Waals surface area contributed by atoms with Crippen molar-refractivity contribution in [1.82, 2.24) is 5.32 Å². The van der Waals surface area contributed by atoms with Gasteiger partial charge < -0.3 is 89.9 Å². The first-order valence-corrected chi connectivity index (χ1v) is 37.7. The zero-order chi connectivity index (χ0) is 68.9. The van der Waals surface area contributed by atoms with E-state index in [4.69, 9.17) is 28.4 Å². The van der Waals surface area contributed by atoms with Crippen LogP contribution in [0.5, 0.6) is 0 Å². The van der Waals surface area contributed by atoms with Gasteiger partial charge in [-0.3, -0.25) is 4.79 Å². The number of amides is 1. The van der Waals surface area contributed by atoms with Crippen molar-refractivity contribution in [2.24, 2.45) is 0 Å². The molecule has 3 aliphatic heterocycles. The molecule has 3 fully saturated rings. The third kappa shape index (κ3) is 38.0. The lowest BCUT2D eigenvalue weighted by atomic mass is 9.96. The summed E-state index contributed by atoms with van der Waals surface area (Å²) in [7, 11) is 0. The standard InChI is InChI=1S/C76H135NO18/c1-3-5-7-9-11-13-15-17-19-21-23-25-27-28-29-30-32-34-36-38-40-42-44-46-48-50-52-54-64(82)77-59(60(81)53-51-49-47-45-43-41-39-37-35-33-31-26-24-22-20-18-16-14-12-10-8-6-4-2)58-90-74-70(88)67(85)72(62(56-79)92-74)95-76-71(89)68(86)73(63(57-80)93-76)94-75-69(87)66(84)65(83)61(55-78)91-75/h5,7,11,13,17,19,23,25,43,45,51,53,59-63,65-76,78-81,83-89H,3-4,6,8-10,12,14-16,18,20-22,24,26-42,44,46-50,52,54-58H2,1-2H3,(H,77,82)/b7-5-,13-11-,19-17-,25-23-,45-43+,53-51+. The van der Waals surface area contributed by atoms with E-state index in [2.05, 4.69) is 79.9 Å². The zero-order valence-electron chi connectivity index (χ0n) is 58.6. The number of carbonyl (C=O) groups excluding carboxylic acids is 1. The van der Waals surface area contributed by atoms with Crippen LogP contribution in [0.4, 0.5) is 0 Å². The van der Waals surface area contributed by atoms with Crippen molar-refractivity contribution in [3.63, 3.8) is 0 Å². The summed E-state index contributed by atoms with van der Waals surface area (Å²) in [6.45, 7) is 1.63. The van der Waals surface area contributed by atoms with Gasteiger partial charge in [0.15, 0.2) is 18.9 Å². The second-order valence-corrected chi connectivity index (χ2v) is 26.7. The van der Waals surface area contributed by atoms with E-state index in [1.54, 1.807) is 6.08 Å². The van der Waals surface area contributed by atoms with Gasteiger partial charge in [-0.15, -0.1) is 0 Å². The Balaban J connectivity index is 1.42. The van der Waals surface area contributed by atoms with Crippen molar-refractivity contribution >= 4 is 5.91 Å². The number of nitrogens with one attached hydrogen (secondary N) is 1. The van der Waals surface area contributed by atoms with Gasteiger partial charge in [-0.25, -0.2) is 0 Å². The molecule has 3 heterocycles. The number of carbonyl (C=O) groups is 1. The molecule has 17 atom stereocenters. The summed E-state index contributed by atoms with van der Waals surface area (Å²) in [5.74, 6) is -0.286. The molecule has 0 aromatic heterocycles. The fraction of sp³-hybridized carbons (Fsp3) is 0.829. The van der Waals surface area contributed by atoms with Crippen molar-refractivity contribution in [3.05, 3.63) is 72.9 Å². The van der Waals surface area contributed by atoms with Crippen LogP contribution in [0.15, 0.2) is 72.9 Å². The molecule has 3 aliphatic rings. The third-order valence-electron chi connectivity index (χ3n) is 18.5. The molecule has 1 amide bonds. The van der Waals surface area contributed by atoms with E-state index < -0.39 is 124 Å². The quantitative estimate of drug-likeness (QED) is 0.0199. The molecule has 0 aromatic rings. The highest BCUT2D eigenvalue weighted by molar-refractivity contribution is 5.76. The number of aliphatic hydroxyl groups excluding tert-OH is 11. The molecular weight excluding hydrogens is 1210 g/mol. The number of allylic oxidation sites excluding steroid dienone is 11. The number of aliphatic hydroxyl groups is 11. The van der Waals surface area contributed by atoms with Gasteiger partial charge in [0.25, 0.3) is 0 Å². The summed E-state index contributed by atoms with van der Waals surface area (Å²) in [5, 5.41) is 121. The largest absolute Gasteiger partial charge is 0.394 e. The Bertz CT molecular complexity index is 2000. The fourth-order valence-corrected chi connectivity index (χ4v) is 12.4. The van der Waals surface area contributed by atoms with Crippen LogP contribution in [-0.2, 0) is 33.2 Å². The minimum Gasteiger partial charge on any atom is -0.394 e. The Kier molecular flexibility index (Phi) is 51.8. The molecule has 0 saturated carbocycles. The van der Waals surface area contributed by atoms with E-state index in [0.717, 1.165) is 70.6 Å². The number of hydrogen-bond donors (Lipinski definition) is 12. The van der Waals surface area contributed by atoms with Crippen LogP contribution in [0.25, 0.3) is 0 Å². The van der Waals surface area contributed by atoms with Gasteiger partial charge in [-0.2, -0.15) is 0 Å². The highest BCUT2D eigenvalue weighted by atomic mass is 16.8. The summed E-state index contributed by atoms with van der Waals surface area (Å²) in [6, 6.07) is -0.994. The van der Waals surface area contributed by atoms with Crippen LogP contribution >= 0.6 is 0 Å². The smallest absolute Gasteiger partial charge is 0.220 e. The van der Waals surface area contributed by atoms with Gasteiger partial charge in [0.2, 0.25) is 5.91 Å². The second kappa shape index (κ2) is 56.9. The molecule has 0 radical (unpaired) electrons. The van der Waals surface area contributed by atoms with Crippen molar-refractivity contribution in [1.29, 1.82) is 0 Å². The van der Waals surface area contributed by atoms with Crippen LogP contribution in [0.2, 0.25) is 0 Å². The topological polar surface area (TPSA) is 307 Å². The maximum Gasteiger partial charge on any atom is 0.220 e. The van der Waals surface area contributed by atoms with Gasteiger partial charge in [-0.05, 0) is 70.6 Å². The number of ether oxygens (including phenoxy) is 6. The number of rotatable bonds is 58. The molecule has 0 aliphatic carbocycles. The monoisotopic (exact) mass is 1350 g/mol. The highest BCUT2D eigenvalue weighted by Crippen LogP contribution is 2.33. The molecule has 0 bridgehead atoms. The van der Waals surface area contributed by atoms with Crippen LogP contribution in [0.3, 0.4) is 0 Å². The van der Waals surface area contributed by atoms with Crippen molar-refractivity contribution in [2.45, 2.75) is 375 Å². The molecule has 3 rings (SSSR count). The maximum atomic E-state index is 13.4. The molecule has 552 valence electrons. The van der Waals surface area contributed by atoms with E-state index in [0.29, 0.717) is 12.8 Å². The predicted molar refractivity (Wildman–Crippen MR) is 374 cm³/mol. The third-order valence-corrected chi connectivity index (χ3v) is 18.5. The molecule has 17 unspecified atom stereocenters. The van der Waals surface area contributed by atoms with E-state index in [1.165, 1.54) is 167 Å². The first-order valence-electron chi connectivity index (χ1n) is 37.7. The van der Waals surface area contributed by atoms with E-state index in [-0.39, 0.29) is 18.9 Å². The zero-order valence-corrected chi connectivity index (χ0v) is 58.6. The summed E-state index contributed by atoms with van der Waals surface area (Å²) in [4.78, 5) is 13.4. The molecular formula is C76H135NO18. The van der Waals surface area contributed by atoms with Gasteiger partial charge in [0.1, 0.15) is 73.2 Å². The van der Waals surface area contributed by atoms with E-state index >= 15 is 0 Å². The minimum absolute atomic E-state index is 0.232. The second-order valence-electron chi connectivity index (χ2n) is 26.7. The lowest BCUT2D eigenvalue weighted by molar-refractivity contribution is -0.379. The Morgan fingerprint density at radius 2 is 0.737 bits per heavy atom. The average Bonchev–Trinajstić information content (AvgIpc) is 0.787. The van der Waals surface area contributed by atoms with Crippen LogP contribution in [0, 0.1) is 0 Å². The van der Waals surface area contributed by atoms with Gasteiger partial charge >= 0.3 is 0 Å². The van der Waals surface area contributed by atoms with Crippen molar-refractivity contribution in [2.75, 3.05) is 26.4 Å². The normalized spacial score (nSPS) is 27.6. The van der Waals surface area contributed by atoms with Gasteiger partial charge in [0, 0.05) is 6.42 Å². The lowest BCUT2D eigenvalue weighted by Gasteiger charge is -2.48. The fourth-order valence-electron chi connectivity index (χ4n) is 12.4. The van der Waals surface area contributed by atoms with Crippen LogP contribution in [0.1, 0.15) is 271 Å². The lowest BCUT2D eigenvalue weighted by Crippen LogP contribution is -2.66. The molecule has 0 spiro atoms. The van der Waals surface area contributed by atoms with Crippen molar-refractivity contribution in [3.8, 4) is 0 Å². The first kappa shape index (κ1) is 86.5. The molecule has 19 nitrogen and oxygen atoms in total. The summed E-state index contributed by atoms with van der Waals surface area (Å²) < 4.78 is 34.4. The van der Waals surface area contributed by atoms with Gasteiger partial charge in [0.05, 0.1) is 38.6 Å². The molecule has 12 N–H and O–H groups in total. The molecule has 19 heteroatoms. The number of hydrogen-bond acceptors (Lipinski definition) is 18. The van der Waals surface area contributed by atoms with Crippen LogP contribution < -0.4 is 5.32 Å². The van der Waals surface area contributed by atoms with Crippen LogP contribution in [-0.4, -0.2) is 193 Å². The molecule has 3 saturated heterocycles. The first-order chi connectivity index (χ1) is 46.3. The Hall–Kier alpha value is -2.77. The molecule has 0 aromatic carbocycles. The Morgan fingerprint density at radius 1 is 0.389 bits per heavy atom. The number of unbranched alkanes of at least 4 members (excludes halogenated alkanes) is 32. The van der Waals surface area contributed by atoms with Gasteiger partial charge in [-0.1, -0.05) is 267 Å². The van der Waals surface area contributed by atoms with Crippen molar-refractivity contribution < 1.29 is 89.4 Å².